The minimum absolute atomic E-state index is 0.0129. The predicted octanol–water partition coefficient (Wildman–Crippen LogP) is 1.70. The first kappa shape index (κ1) is 13.6. The number of carboxylic acids is 1. The van der Waals surface area contributed by atoms with E-state index in [1.54, 1.807) is 6.92 Å². The molecule has 0 atom stereocenters. The SMILES string of the molecule is COC(=O)c1c(C)[nH]c(C(=O)O)c1C1CCOCC1. The summed E-state index contributed by atoms with van der Waals surface area (Å²) in [5.41, 5.74) is 1.53. The second-order valence-electron chi connectivity index (χ2n) is 4.60. The highest BCUT2D eigenvalue weighted by atomic mass is 16.5. The first-order valence-electron chi connectivity index (χ1n) is 6.18. The zero-order valence-corrected chi connectivity index (χ0v) is 11.0. The molecule has 0 bridgehead atoms. The van der Waals surface area contributed by atoms with E-state index in [4.69, 9.17) is 9.47 Å². The first-order valence-corrected chi connectivity index (χ1v) is 6.18. The Kier molecular flexibility index (Phi) is 3.90. The van der Waals surface area contributed by atoms with E-state index in [-0.39, 0.29) is 11.6 Å². The lowest BCUT2D eigenvalue weighted by Crippen LogP contribution is -2.18. The van der Waals surface area contributed by atoms with Crippen molar-refractivity contribution in [3.8, 4) is 0 Å². The van der Waals surface area contributed by atoms with Gasteiger partial charge < -0.3 is 19.6 Å². The maximum absolute atomic E-state index is 11.9. The summed E-state index contributed by atoms with van der Waals surface area (Å²) in [6.45, 7) is 2.84. The Morgan fingerprint density at radius 3 is 2.53 bits per heavy atom. The molecule has 6 heteroatoms. The monoisotopic (exact) mass is 267 g/mol. The number of H-pyrrole nitrogens is 1. The van der Waals surface area contributed by atoms with Crippen molar-refractivity contribution in [3.63, 3.8) is 0 Å². The van der Waals surface area contributed by atoms with Gasteiger partial charge in [0, 0.05) is 24.5 Å². The van der Waals surface area contributed by atoms with Crippen molar-refractivity contribution in [2.24, 2.45) is 0 Å². The number of aryl methyl sites for hydroxylation is 1. The number of hydrogen-bond donors (Lipinski definition) is 2. The average molecular weight is 267 g/mol. The van der Waals surface area contributed by atoms with Crippen LogP contribution >= 0.6 is 0 Å². The molecule has 1 aromatic heterocycles. The summed E-state index contributed by atoms with van der Waals surface area (Å²) in [4.78, 5) is 26.0. The Bertz CT molecular complexity index is 499. The highest BCUT2D eigenvalue weighted by Gasteiger charge is 2.31. The summed E-state index contributed by atoms with van der Waals surface area (Å²) in [5.74, 6) is -1.54. The molecule has 6 nitrogen and oxygen atoms in total. The number of aromatic nitrogens is 1. The van der Waals surface area contributed by atoms with Crippen molar-refractivity contribution in [1.29, 1.82) is 0 Å². The molecule has 1 aliphatic rings. The van der Waals surface area contributed by atoms with Gasteiger partial charge in [-0.25, -0.2) is 9.59 Å². The van der Waals surface area contributed by atoms with Gasteiger partial charge >= 0.3 is 11.9 Å². The molecular weight excluding hydrogens is 250 g/mol. The van der Waals surface area contributed by atoms with Crippen LogP contribution in [0.4, 0.5) is 0 Å². The Hall–Kier alpha value is -1.82. The summed E-state index contributed by atoms with van der Waals surface area (Å²) in [7, 11) is 1.29. The number of ether oxygens (including phenoxy) is 2. The van der Waals surface area contributed by atoms with Crippen molar-refractivity contribution in [1.82, 2.24) is 4.98 Å². The zero-order valence-electron chi connectivity index (χ0n) is 11.0. The molecule has 0 saturated carbocycles. The van der Waals surface area contributed by atoms with Gasteiger partial charge in [0.2, 0.25) is 0 Å². The number of hydrogen-bond acceptors (Lipinski definition) is 4. The molecule has 2 rings (SSSR count). The maximum atomic E-state index is 11.9. The lowest BCUT2D eigenvalue weighted by molar-refractivity contribution is 0.0592. The molecule has 2 heterocycles. The molecule has 104 valence electrons. The first-order chi connectivity index (χ1) is 9.06. The van der Waals surface area contributed by atoms with Gasteiger partial charge in [-0.15, -0.1) is 0 Å². The van der Waals surface area contributed by atoms with Gasteiger partial charge in [-0.1, -0.05) is 0 Å². The third-order valence-corrected chi connectivity index (χ3v) is 3.46. The molecule has 0 unspecified atom stereocenters. The van der Waals surface area contributed by atoms with Crippen molar-refractivity contribution in [3.05, 3.63) is 22.5 Å². The summed E-state index contributed by atoms with van der Waals surface area (Å²) in [6.07, 6.45) is 1.42. The van der Waals surface area contributed by atoms with Crippen LogP contribution in [0.3, 0.4) is 0 Å². The smallest absolute Gasteiger partial charge is 0.352 e. The normalized spacial score (nSPS) is 16.3. The van der Waals surface area contributed by atoms with Gasteiger partial charge in [0.25, 0.3) is 0 Å². The fraction of sp³-hybridized carbons (Fsp3) is 0.538. The van der Waals surface area contributed by atoms with Gasteiger partial charge in [-0.05, 0) is 25.7 Å². The van der Waals surface area contributed by atoms with Crippen LogP contribution in [0.1, 0.15) is 50.9 Å². The van der Waals surface area contributed by atoms with E-state index in [1.807, 2.05) is 0 Å². The highest BCUT2D eigenvalue weighted by Crippen LogP contribution is 2.34. The van der Waals surface area contributed by atoms with Gasteiger partial charge in [0.15, 0.2) is 0 Å². The molecule has 1 aliphatic heterocycles. The zero-order chi connectivity index (χ0) is 14.0. The molecule has 0 spiro atoms. The van der Waals surface area contributed by atoms with Crippen LogP contribution in [0.5, 0.6) is 0 Å². The van der Waals surface area contributed by atoms with E-state index < -0.39 is 11.9 Å². The number of carbonyl (C=O) groups is 2. The standard InChI is InChI=1S/C13H17NO5/c1-7-9(13(17)18-2)10(11(14-7)12(15)16)8-3-5-19-6-4-8/h8,14H,3-6H2,1-2H3,(H,15,16). The van der Waals surface area contributed by atoms with E-state index >= 15 is 0 Å². The van der Waals surface area contributed by atoms with Crippen LogP contribution in [0.15, 0.2) is 0 Å². The molecule has 19 heavy (non-hydrogen) atoms. The molecule has 2 N–H and O–H groups in total. The number of esters is 1. The molecule has 1 aromatic rings. The number of aromatic amines is 1. The van der Waals surface area contributed by atoms with Gasteiger partial charge in [-0.3, -0.25) is 0 Å². The van der Waals surface area contributed by atoms with Crippen molar-refractivity contribution < 1.29 is 24.2 Å². The average Bonchev–Trinajstić information content (AvgIpc) is 2.76. The molecule has 0 aliphatic carbocycles. The summed E-state index contributed by atoms with van der Waals surface area (Å²) < 4.78 is 10.0. The second kappa shape index (κ2) is 5.44. The van der Waals surface area contributed by atoms with Crippen LogP contribution in [0, 0.1) is 6.92 Å². The Morgan fingerprint density at radius 1 is 1.37 bits per heavy atom. The lowest BCUT2D eigenvalue weighted by Gasteiger charge is -2.23. The lowest BCUT2D eigenvalue weighted by atomic mass is 9.88. The molecule has 1 saturated heterocycles. The van der Waals surface area contributed by atoms with E-state index in [9.17, 15) is 14.7 Å². The second-order valence-corrected chi connectivity index (χ2v) is 4.60. The van der Waals surface area contributed by atoms with Crippen LogP contribution in [-0.2, 0) is 9.47 Å². The minimum Gasteiger partial charge on any atom is -0.477 e. The maximum Gasteiger partial charge on any atom is 0.352 e. The Labute approximate surface area is 110 Å². The highest BCUT2D eigenvalue weighted by molar-refractivity contribution is 5.98. The molecule has 1 fully saturated rings. The molecule has 0 radical (unpaired) electrons. The van der Waals surface area contributed by atoms with Gasteiger partial charge in [0.05, 0.1) is 12.7 Å². The van der Waals surface area contributed by atoms with E-state index in [1.165, 1.54) is 7.11 Å². The number of nitrogens with one attached hydrogen (secondary N) is 1. The Morgan fingerprint density at radius 2 is 2.00 bits per heavy atom. The van der Waals surface area contributed by atoms with E-state index in [2.05, 4.69) is 4.98 Å². The van der Waals surface area contributed by atoms with Crippen LogP contribution in [-0.4, -0.2) is 42.4 Å². The summed E-state index contributed by atoms with van der Waals surface area (Å²) in [6, 6.07) is 0. The molecular formula is C13H17NO5. The van der Waals surface area contributed by atoms with Crippen LogP contribution in [0.2, 0.25) is 0 Å². The fourth-order valence-electron chi connectivity index (χ4n) is 2.57. The Balaban J connectivity index is 2.52. The quantitative estimate of drug-likeness (QED) is 0.814. The number of carbonyl (C=O) groups excluding carboxylic acids is 1. The minimum atomic E-state index is -1.06. The topological polar surface area (TPSA) is 88.6 Å². The number of aromatic carboxylic acids is 1. The third-order valence-electron chi connectivity index (χ3n) is 3.46. The predicted molar refractivity (Wildman–Crippen MR) is 66.6 cm³/mol. The van der Waals surface area contributed by atoms with Crippen molar-refractivity contribution in [2.45, 2.75) is 25.7 Å². The third kappa shape index (κ3) is 2.49. The number of methoxy groups -OCH3 is 1. The fourth-order valence-corrected chi connectivity index (χ4v) is 2.57. The van der Waals surface area contributed by atoms with Crippen LogP contribution in [0.25, 0.3) is 0 Å². The number of rotatable bonds is 3. The summed E-state index contributed by atoms with van der Waals surface area (Å²) in [5, 5.41) is 9.27. The van der Waals surface area contributed by atoms with E-state index in [0.717, 1.165) is 0 Å². The van der Waals surface area contributed by atoms with Crippen molar-refractivity contribution in [2.75, 3.05) is 20.3 Å². The largest absolute Gasteiger partial charge is 0.477 e. The van der Waals surface area contributed by atoms with Gasteiger partial charge in [0.1, 0.15) is 5.69 Å². The van der Waals surface area contributed by atoms with Gasteiger partial charge in [-0.2, -0.15) is 0 Å². The number of carboxylic acid groups (broad SMARTS) is 1. The molecule has 0 aromatic carbocycles. The van der Waals surface area contributed by atoms with E-state index in [0.29, 0.717) is 42.9 Å². The summed E-state index contributed by atoms with van der Waals surface area (Å²) >= 11 is 0. The van der Waals surface area contributed by atoms with Crippen LogP contribution < -0.4 is 0 Å². The molecule has 0 amide bonds. The van der Waals surface area contributed by atoms with Crippen molar-refractivity contribution >= 4 is 11.9 Å².